The minimum atomic E-state index is -1.01. The highest BCUT2D eigenvalue weighted by Gasteiger charge is 2.65. The van der Waals surface area contributed by atoms with Crippen LogP contribution >= 0.6 is 0 Å². The molecule has 0 amide bonds. The molecule has 4 heteroatoms. The number of rotatable bonds is 0. The van der Waals surface area contributed by atoms with Crippen molar-refractivity contribution in [3.05, 3.63) is 0 Å². The van der Waals surface area contributed by atoms with Crippen molar-refractivity contribution in [2.45, 2.75) is 31.5 Å². The first-order chi connectivity index (χ1) is 4.96. The quantitative estimate of drug-likeness (QED) is 0.463. The van der Waals surface area contributed by atoms with Crippen molar-refractivity contribution >= 4 is 11.9 Å². The highest BCUT2D eigenvalue weighted by molar-refractivity contribution is 5.97. The molecule has 2 rings (SSSR count). The maximum atomic E-state index is 11.0. The Bertz CT molecular complexity index is 233. The lowest BCUT2D eigenvalue weighted by molar-refractivity contribution is -0.191. The molecule has 0 saturated carbocycles. The van der Waals surface area contributed by atoms with E-state index in [-0.39, 0.29) is 0 Å². The molecule has 2 aliphatic rings. The predicted octanol–water partition coefficient (Wildman–Crippen LogP) is 0.00750. The van der Waals surface area contributed by atoms with Crippen LogP contribution in [-0.4, -0.2) is 23.1 Å². The van der Waals surface area contributed by atoms with E-state index in [1.165, 1.54) is 0 Å². The SMILES string of the molecule is CC12CC(C)(OC1=O)C(=O)O2. The Labute approximate surface area is 63.5 Å². The lowest BCUT2D eigenvalue weighted by Gasteiger charge is -2.21. The first-order valence-corrected chi connectivity index (χ1v) is 3.43. The smallest absolute Gasteiger partial charge is 0.351 e. The zero-order valence-electron chi connectivity index (χ0n) is 6.34. The third kappa shape index (κ3) is 0.593. The molecule has 2 atom stereocenters. The van der Waals surface area contributed by atoms with Crippen LogP contribution in [0, 0.1) is 0 Å². The molecule has 2 bridgehead atoms. The fourth-order valence-electron chi connectivity index (χ4n) is 1.57. The summed E-state index contributed by atoms with van der Waals surface area (Å²) >= 11 is 0. The molecule has 2 saturated heterocycles. The second-order valence-corrected chi connectivity index (χ2v) is 3.42. The minimum absolute atomic E-state index is 0.345. The van der Waals surface area contributed by atoms with Gasteiger partial charge >= 0.3 is 11.9 Å². The van der Waals surface area contributed by atoms with E-state index in [9.17, 15) is 9.59 Å². The average molecular weight is 156 g/mol. The van der Waals surface area contributed by atoms with E-state index in [1.54, 1.807) is 13.8 Å². The highest BCUT2D eigenvalue weighted by Crippen LogP contribution is 2.44. The van der Waals surface area contributed by atoms with Crippen molar-refractivity contribution in [3.8, 4) is 0 Å². The van der Waals surface area contributed by atoms with E-state index in [1.807, 2.05) is 0 Å². The fourth-order valence-corrected chi connectivity index (χ4v) is 1.57. The number of hydrogen-bond donors (Lipinski definition) is 0. The van der Waals surface area contributed by atoms with Gasteiger partial charge in [-0.15, -0.1) is 0 Å². The molecule has 2 heterocycles. The summed E-state index contributed by atoms with van der Waals surface area (Å²) in [7, 11) is 0. The maximum Gasteiger partial charge on any atom is 0.351 e. The lowest BCUT2D eigenvalue weighted by atomic mass is 9.98. The van der Waals surface area contributed by atoms with E-state index < -0.39 is 23.1 Å². The second-order valence-electron chi connectivity index (χ2n) is 3.42. The third-order valence-corrected chi connectivity index (χ3v) is 2.17. The summed E-state index contributed by atoms with van der Waals surface area (Å²) in [5, 5.41) is 0. The number of hydrogen-bond acceptors (Lipinski definition) is 4. The van der Waals surface area contributed by atoms with Gasteiger partial charge in [-0.3, -0.25) is 0 Å². The summed E-state index contributed by atoms with van der Waals surface area (Å²) in [4.78, 5) is 22.0. The number of carbonyl (C=O) groups excluding carboxylic acids is 2. The van der Waals surface area contributed by atoms with Gasteiger partial charge in [-0.2, -0.15) is 0 Å². The summed E-state index contributed by atoms with van der Waals surface area (Å²) in [5.41, 5.74) is -2.02. The largest absolute Gasteiger partial charge is 0.444 e. The number of carbonyl (C=O) groups is 2. The van der Waals surface area contributed by atoms with Crippen molar-refractivity contribution in [2.24, 2.45) is 0 Å². The molecule has 0 aliphatic carbocycles. The van der Waals surface area contributed by atoms with Gasteiger partial charge in [-0.05, 0) is 13.8 Å². The zero-order chi connectivity index (χ0) is 8.28. The van der Waals surface area contributed by atoms with Crippen LogP contribution in [0.25, 0.3) is 0 Å². The molecule has 0 N–H and O–H groups in total. The highest BCUT2D eigenvalue weighted by atomic mass is 16.7. The van der Waals surface area contributed by atoms with Crippen molar-refractivity contribution in [1.82, 2.24) is 0 Å². The zero-order valence-corrected chi connectivity index (χ0v) is 6.34. The van der Waals surface area contributed by atoms with Crippen molar-refractivity contribution in [3.63, 3.8) is 0 Å². The van der Waals surface area contributed by atoms with Crippen LogP contribution < -0.4 is 0 Å². The first-order valence-electron chi connectivity index (χ1n) is 3.43. The van der Waals surface area contributed by atoms with Gasteiger partial charge in [0, 0.05) is 6.42 Å². The normalized spacial score (nSPS) is 47.5. The van der Waals surface area contributed by atoms with Gasteiger partial charge in [0.05, 0.1) is 0 Å². The predicted molar refractivity (Wildman–Crippen MR) is 33.6 cm³/mol. The molecule has 0 radical (unpaired) electrons. The Hall–Kier alpha value is -1.06. The van der Waals surface area contributed by atoms with E-state index in [0.29, 0.717) is 6.42 Å². The van der Waals surface area contributed by atoms with Crippen molar-refractivity contribution < 1.29 is 19.1 Å². The van der Waals surface area contributed by atoms with Crippen LogP contribution in [0.15, 0.2) is 0 Å². The van der Waals surface area contributed by atoms with Crippen molar-refractivity contribution in [1.29, 1.82) is 0 Å². The van der Waals surface area contributed by atoms with Gasteiger partial charge in [0.25, 0.3) is 0 Å². The monoisotopic (exact) mass is 156 g/mol. The number of ether oxygens (including phenoxy) is 2. The van der Waals surface area contributed by atoms with Crippen LogP contribution in [0.1, 0.15) is 20.3 Å². The third-order valence-electron chi connectivity index (χ3n) is 2.17. The molecule has 0 aromatic rings. The topological polar surface area (TPSA) is 52.6 Å². The van der Waals surface area contributed by atoms with Crippen LogP contribution in [-0.2, 0) is 19.1 Å². The molecular formula is C7H8O4. The number of esters is 2. The molecule has 0 aromatic heterocycles. The van der Waals surface area contributed by atoms with Gasteiger partial charge in [0.15, 0.2) is 0 Å². The minimum Gasteiger partial charge on any atom is -0.444 e. The molecule has 0 spiro atoms. The Morgan fingerprint density at radius 3 is 1.64 bits per heavy atom. The number of fused-ring (bicyclic) bond motifs is 2. The summed E-state index contributed by atoms with van der Waals surface area (Å²) in [6.07, 6.45) is 0.345. The summed E-state index contributed by atoms with van der Waals surface area (Å²) in [6, 6.07) is 0. The molecule has 2 fully saturated rings. The van der Waals surface area contributed by atoms with E-state index in [2.05, 4.69) is 0 Å². The summed E-state index contributed by atoms with van der Waals surface area (Å²) in [5.74, 6) is -0.862. The van der Waals surface area contributed by atoms with Crippen LogP contribution in [0.2, 0.25) is 0 Å². The summed E-state index contributed by atoms with van der Waals surface area (Å²) < 4.78 is 9.70. The molecule has 0 aromatic carbocycles. The molecule has 4 nitrogen and oxygen atoms in total. The van der Waals surface area contributed by atoms with Gasteiger partial charge in [0.2, 0.25) is 11.2 Å². The fraction of sp³-hybridized carbons (Fsp3) is 0.714. The van der Waals surface area contributed by atoms with Crippen LogP contribution in [0.5, 0.6) is 0 Å². The van der Waals surface area contributed by atoms with Crippen LogP contribution in [0.3, 0.4) is 0 Å². The van der Waals surface area contributed by atoms with E-state index in [0.717, 1.165) is 0 Å². The van der Waals surface area contributed by atoms with E-state index in [4.69, 9.17) is 9.47 Å². The second kappa shape index (κ2) is 1.42. The molecule has 2 unspecified atom stereocenters. The summed E-state index contributed by atoms with van der Waals surface area (Å²) in [6.45, 7) is 3.15. The Balaban J connectivity index is 2.45. The van der Waals surface area contributed by atoms with Gasteiger partial charge in [-0.25, -0.2) is 9.59 Å². The molecule has 2 aliphatic heterocycles. The lowest BCUT2D eigenvalue weighted by Crippen LogP contribution is -2.40. The Kier molecular flexibility index (Phi) is 0.855. The molecular weight excluding hydrogens is 148 g/mol. The molecule has 11 heavy (non-hydrogen) atoms. The standard InChI is InChI=1S/C7H8O4/c1-6-3-7(2,5(9)10-6)11-4(6)8/h3H2,1-2H3. The van der Waals surface area contributed by atoms with Gasteiger partial charge in [0.1, 0.15) is 0 Å². The Morgan fingerprint density at radius 1 is 1.09 bits per heavy atom. The van der Waals surface area contributed by atoms with E-state index >= 15 is 0 Å². The average Bonchev–Trinajstić information content (AvgIpc) is 2.15. The maximum absolute atomic E-state index is 11.0. The Morgan fingerprint density at radius 2 is 1.45 bits per heavy atom. The van der Waals surface area contributed by atoms with Crippen LogP contribution in [0.4, 0.5) is 0 Å². The molecule has 60 valence electrons. The van der Waals surface area contributed by atoms with Crippen molar-refractivity contribution in [2.75, 3.05) is 0 Å². The van der Waals surface area contributed by atoms with Gasteiger partial charge < -0.3 is 9.47 Å². The van der Waals surface area contributed by atoms with Gasteiger partial charge in [-0.1, -0.05) is 0 Å². The first kappa shape index (κ1) is 6.64.